The summed E-state index contributed by atoms with van der Waals surface area (Å²) in [5, 5.41) is 5.74. The number of nitrogens with one attached hydrogen (secondary N) is 2. The third-order valence-corrected chi connectivity index (χ3v) is 5.87. The Morgan fingerprint density at radius 2 is 1.96 bits per heavy atom. The van der Waals surface area contributed by atoms with Crippen molar-refractivity contribution in [1.82, 2.24) is 15.5 Å². The number of carbonyl (C=O) groups is 3. The van der Waals surface area contributed by atoms with Crippen LogP contribution in [-0.2, 0) is 21.5 Å². The summed E-state index contributed by atoms with van der Waals surface area (Å²) in [5.41, 5.74) is 6.17. The van der Waals surface area contributed by atoms with E-state index < -0.39 is 17.1 Å². The lowest BCUT2D eigenvalue weighted by Gasteiger charge is -2.32. The Labute approximate surface area is 165 Å². The predicted octanol–water partition coefficient (Wildman–Crippen LogP) is 1.44. The van der Waals surface area contributed by atoms with Crippen LogP contribution < -0.4 is 16.4 Å². The van der Waals surface area contributed by atoms with Crippen molar-refractivity contribution in [2.24, 2.45) is 5.73 Å². The van der Waals surface area contributed by atoms with Crippen molar-refractivity contribution >= 4 is 30.3 Å². The van der Waals surface area contributed by atoms with E-state index >= 15 is 0 Å². The molecule has 0 bridgehead atoms. The van der Waals surface area contributed by atoms with Gasteiger partial charge in [-0.2, -0.15) is 0 Å². The van der Waals surface area contributed by atoms with Crippen LogP contribution in [0, 0.1) is 0 Å². The molecule has 8 heteroatoms. The number of fused-ring (bicyclic) bond motifs is 2. The first-order valence-corrected chi connectivity index (χ1v) is 9.15. The Morgan fingerprint density at radius 1 is 1.30 bits per heavy atom. The number of amides is 4. The number of carbonyl (C=O) groups excluding carboxylic acids is 3. The second-order valence-corrected chi connectivity index (χ2v) is 7.12. The van der Waals surface area contributed by atoms with Gasteiger partial charge in [-0.1, -0.05) is 38.1 Å². The molecule has 4 N–H and O–H groups in total. The van der Waals surface area contributed by atoms with Gasteiger partial charge in [-0.25, -0.2) is 4.79 Å². The van der Waals surface area contributed by atoms with Gasteiger partial charge in [0.05, 0.1) is 5.54 Å². The van der Waals surface area contributed by atoms with E-state index in [0.717, 1.165) is 22.4 Å². The van der Waals surface area contributed by atoms with Crippen molar-refractivity contribution in [3.8, 4) is 0 Å². The molecule has 1 heterocycles. The summed E-state index contributed by atoms with van der Waals surface area (Å²) in [6.07, 6.45) is 2.61. The molecule has 0 saturated carbocycles. The topological polar surface area (TPSA) is 105 Å². The van der Waals surface area contributed by atoms with Crippen molar-refractivity contribution in [2.45, 2.75) is 50.6 Å². The zero-order valence-electron chi connectivity index (χ0n) is 15.7. The van der Waals surface area contributed by atoms with Gasteiger partial charge in [-0.3, -0.25) is 14.5 Å². The second-order valence-electron chi connectivity index (χ2n) is 7.12. The summed E-state index contributed by atoms with van der Waals surface area (Å²) in [6.45, 7) is 3.92. The Kier molecular flexibility index (Phi) is 6.17. The Morgan fingerprint density at radius 3 is 2.59 bits per heavy atom. The minimum atomic E-state index is -1.03. The van der Waals surface area contributed by atoms with Gasteiger partial charge in [0, 0.05) is 6.54 Å². The molecule has 1 saturated heterocycles. The molecule has 0 radical (unpaired) electrons. The number of hydrogen-bond donors (Lipinski definition) is 3. The smallest absolute Gasteiger partial charge is 0.325 e. The molecule has 148 valence electrons. The summed E-state index contributed by atoms with van der Waals surface area (Å²) in [6, 6.07) is 7.10. The average molecular weight is 395 g/mol. The van der Waals surface area contributed by atoms with E-state index in [9.17, 15) is 14.4 Å². The first kappa shape index (κ1) is 21.2. The maximum absolute atomic E-state index is 13.1. The number of nitrogens with two attached hydrogens (primary N) is 1. The zero-order chi connectivity index (χ0) is 18.9. The van der Waals surface area contributed by atoms with Crippen LogP contribution >= 0.6 is 12.4 Å². The van der Waals surface area contributed by atoms with Gasteiger partial charge in [-0.15, -0.1) is 12.4 Å². The molecule has 4 amide bonds. The highest BCUT2D eigenvalue weighted by molar-refractivity contribution is 6.10. The molecule has 1 fully saturated rings. The third kappa shape index (κ3) is 3.41. The fourth-order valence-electron chi connectivity index (χ4n) is 3.98. The number of imide groups is 1. The molecule has 7 nitrogen and oxygen atoms in total. The number of benzene rings is 1. The number of halogens is 1. The van der Waals surface area contributed by atoms with Crippen molar-refractivity contribution in [3.05, 3.63) is 35.4 Å². The van der Waals surface area contributed by atoms with Crippen molar-refractivity contribution in [3.63, 3.8) is 0 Å². The summed E-state index contributed by atoms with van der Waals surface area (Å²) < 4.78 is 0. The van der Waals surface area contributed by atoms with Crippen LogP contribution in [0.25, 0.3) is 0 Å². The van der Waals surface area contributed by atoms with Gasteiger partial charge in [-0.05, 0) is 36.8 Å². The molecular formula is C19H27ClN4O3. The quantitative estimate of drug-likeness (QED) is 0.635. The highest BCUT2D eigenvalue weighted by atomic mass is 35.5. The predicted molar refractivity (Wildman–Crippen MR) is 104 cm³/mol. The van der Waals surface area contributed by atoms with Crippen molar-refractivity contribution in [1.29, 1.82) is 0 Å². The maximum atomic E-state index is 13.1. The summed E-state index contributed by atoms with van der Waals surface area (Å²) in [4.78, 5) is 39.0. The van der Waals surface area contributed by atoms with Gasteiger partial charge < -0.3 is 16.4 Å². The molecule has 1 aromatic carbocycles. The standard InChI is InChI=1S/C19H26N4O3.ClH/c1-3-18(4-2,12-20)21-15(24)11-23-16(25)19(22-17(23)26)10-9-13-7-5-6-8-14(13)19;/h5-8H,3-4,9-12,20H2,1-2H3,(H,21,24)(H,22,26);1H. The highest BCUT2D eigenvalue weighted by Gasteiger charge is 2.55. The molecule has 3 rings (SSSR count). The molecule has 1 aromatic rings. The molecule has 1 unspecified atom stereocenters. The van der Waals surface area contributed by atoms with E-state index in [0.29, 0.717) is 25.8 Å². The molecule has 1 atom stereocenters. The van der Waals surface area contributed by atoms with Crippen LogP contribution in [0.1, 0.15) is 44.2 Å². The van der Waals surface area contributed by atoms with E-state index in [2.05, 4.69) is 10.6 Å². The second kappa shape index (κ2) is 7.86. The number of rotatable bonds is 6. The lowest BCUT2D eigenvalue weighted by atomic mass is 9.91. The van der Waals surface area contributed by atoms with Crippen molar-refractivity contribution < 1.29 is 14.4 Å². The number of urea groups is 1. The van der Waals surface area contributed by atoms with E-state index in [-0.39, 0.29) is 30.8 Å². The van der Waals surface area contributed by atoms with Crippen LogP contribution in [0.4, 0.5) is 4.79 Å². The minimum absolute atomic E-state index is 0. The van der Waals surface area contributed by atoms with Gasteiger partial charge in [0.2, 0.25) is 5.91 Å². The van der Waals surface area contributed by atoms with Crippen LogP contribution in [0.5, 0.6) is 0 Å². The SMILES string of the molecule is CCC(CC)(CN)NC(=O)CN1C(=O)NC2(CCc3ccccc32)C1=O.Cl. The molecule has 1 aliphatic carbocycles. The van der Waals surface area contributed by atoms with Crippen molar-refractivity contribution in [2.75, 3.05) is 13.1 Å². The number of nitrogens with zero attached hydrogens (tertiary/aromatic N) is 1. The van der Waals surface area contributed by atoms with Crippen LogP contribution in [0.2, 0.25) is 0 Å². The third-order valence-electron chi connectivity index (χ3n) is 5.87. The van der Waals surface area contributed by atoms with Gasteiger partial charge >= 0.3 is 6.03 Å². The lowest BCUT2D eigenvalue weighted by Crippen LogP contribution is -2.55. The Bertz CT molecular complexity index is 742. The van der Waals surface area contributed by atoms with E-state index in [4.69, 9.17) is 5.73 Å². The Hall–Kier alpha value is -2.12. The molecule has 27 heavy (non-hydrogen) atoms. The molecular weight excluding hydrogens is 368 g/mol. The van der Waals surface area contributed by atoms with Crippen LogP contribution in [0.15, 0.2) is 24.3 Å². The monoisotopic (exact) mass is 394 g/mol. The largest absolute Gasteiger partial charge is 0.348 e. The van der Waals surface area contributed by atoms with Gasteiger partial charge in [0.1, 0.15) is 12.1 Å². The first-order chi connectivity index (χ1) is 12.4. The first-order valence-electron chi connectivity index (χ1n) is 9.15. The lowest BCUT2D eigenvalue weighted by molar-refractivity contribution is -0.135. The summed E-state index contributed by atoms with van der Waals surface area (Å²) >= 11 is 0. The summed E-state index contributed by atoms with van der Waals surface area (Å²) in [5.74, 6) is -0.722. The van der Waals surface area contributed by atoms with Gasteiger partial charge in [0.15, 0.2) is 0 Å². The zero-order valence-corrected chi connectivity index (χ0v) is 16.5. The van der Waals surface area contributed by atoms with E-state index in [1.54, 1.807) is 0 Å². The van der Waals surface area contributed by atoms with Crippen LogP contribution in [0.3, 0.4) is 0 Å². The minimum Gasteiger partial charge on any atom is -0.348 e. The fraction of sp³-hybridized carbons (Fsp3) is 0.526. The molecule has 0 aromatic heterocycles. The van der Waals surface area contributed by atoms with Crippen LogP contribution in [-0.4, -0.2) is 41.4 Å². The average Bonchev–Trinajstić information content (AvgIpc) is 3.14. The number of aryl methyl sites for hydroxylation is 1. The van der Waals surface area contributed by atoms with Gasteiger partial charge in [0.25, 0.3) is 5.91 Å². The summed E-state index contributed by atoms with van der Waals surface area (Å²) in [7, 11) is 0. The molecule has 1 spiro atoms. The molecule has 1 aliphatic heterocycles. The molecule has 2 aliphatic rings. The van der Waals surface area contributed by atoms with E-state index in [1.807, 2.05) is 38.1 Å². The Balaban J connectivity index is 0.00000261. The fourth-order valence-corrected chi connectivity index (χ4v) is 3.98. The highest BCUT2D eigenvalue weighted by Crippen LogP contribution is 2.41. The van der Waals surface area contributed by atoms with E-state index in [1.165, 1.54) is 0 Å². The maximum Gasteiger partial charge on any atom is 0.325 e. The normalized spacial score (nSPS) is 21.1. The number of hydrogen-bond acceptors (Lipinski definition) is 4.